The van der Waals surface area contributed by atoms with E-state index in [4.69, 9.17) is 5.73 Å². The lowest BCUT2D eigenvalue weighted by Gasteiger charge is -2.41. The average Bonchev–Trinajstić information content (AvgIpc) is 2.32. The summed E-state index contributed by atoms with van der Waals surface area (Å²) >= 11 is 0. The second kappa shape index (κ2) is 4.72. The largest absolute Gasteiger partial charge is 0.419 e. The Morgan fingerprint density at radius 1 is 1.05 bits per heavy atom. The molecule has 2 rings (SSSR count). The first kappa shape index (κ1) is 15.3. The highest BCUT2D eigenvalue weighted by Crippen LogP contribution is 2.44. The van der Waals surface area contributed by atoms with Crippen molar-refractivity contribution in [3.63, 3.8) is 0 Å². The lowest BCUT2D eigenvalue weighted by atomic mass is 9.67. The SMILES string of the molecule is CC1(C)CCC(N)(c2ccc(C(F)(F)F)c(F)c2)CC1. The third-order valence-corrected chi connectivity index (χ3v) is 4.35. The highest BCUT2D eigenvalue weighted by molar-refractivity contribution is 5.31. The van der Waals surface area contributed by atoms with Crippen molar-refractivity contribution in [1.29, 1.82) is 0 Å². The van der Waals surface area contributed by atoms with E-state index in [1.54, 1.807) is 0 Å². The quantitative estimate of drug-likeness (QED) is 0.751. The van der Waals surface area contributed by atoms with Crippen LogP contribution in [0.15, 0.2) is 18.2 Å². The second-order valence-corrected chi connectivity index (χ2v) is 6.51. The number of rotatable bonds is 1. The number of alkyl halides is 3. The second-order valence-electron chi connectivity index (χ2n) is 6.51. The van der Waals surface area contributed by atoms with Gasteiger partial charge >= 0.3 is 6.18 Å². The molecule has 0 bridgehead atoms. The molecule has 0 saturated heterocycles. The maximum atomic E-state index is 13.6. The van der Waals surface area contributed by atoms with Crippen LogP contribution in [0.2, 0.25) is 0 Å². The molecular weight excluding hydrogens is 270 g/mol. The Kier molecular flexibility index (Phi) is 3.61. The maximum Gasteiger partial charge on any atom is 0.419 e. The van der Waals surface area contributed by atoms with Crippen molar-refractivity contribution >= 4 is 0 Å². The van der Waals surface area contributed by atoms with Gasteiger partial charge in [0, 0.05) is 5.54 Å². The van der Waals surface area contributed by atoms with Crippen LogP contribution in [-0.2, 0) is 11.7 Å². The molecule has 0 atom stereocenters. The van der Waals surface area contributed by atoms with E-state index in [2.05, 4.69) is 13.8 Å². The Morgan fingerprint density at radius 2 is 1.60 bits per heavy atom. The van der Waals surface area contributed by atoms with Crippen LogP contribution < -0.4 is 5.73 Å². The topological polar surface area (TPSA) is 26.0 Å². The van der Waals surface area contributed by atoms with Gasteiger partial charge in [-0.05, 0) is 48.8 Å². The van der Waals surface area contributed by atoms with Gasteiger partial charge in [0.1, 0.15) is 5.82 Å². The lowest BCUT2D eigenvalue weighted by molar-refractivity contribution is -0.140. The molecule has 1 saturated carbocycles. The van der Waals surface area contributed by atoms with Crippen molar-refractivity contribution in [2.75, 3.05) is 0 Å². The zero-order valence-electron chi connectivity index (χ0n) is 11.6. The number of hydrogen-bond donors (Lipinski definition) is 1. The van der Waals surface area contributed by atoms with Crippen LogP contribution in [0.4, 0.5) is 17.6 Å². The smallest absolute Gasteiger partial charge is 0.321 e. The van der Waals surface area contributed by atoms with Crippen molar-refractivity contribution in [3.05, 3.63) is 35.1 Å². The van der Waals surface area contributed by atoms with Gasteiger partial charge in [0.2, 0.25) is 0 Å². The van der Waals surface area contributed by atoms with Crippen molar-refractivity contribution in [3.8, 4) is 0 Å². The molecule has 0 unspecified atom stereocenters. The van der Waals surface area contributed by atoms with Crippen LogP contribution in [0, 0.1) is 11.2 Å². The summed E-state index contributed by atoms with van der Waals surface area (Å²) in [5, 5.41) is 0. The molecule has 1 aliphatic carbocycles. The zero-order chi connectivity index (χ0) is 15.2. The predicted molar refractivity (Wildman–Crippen MR) is 69.5 cm³/mol. The van der Waals surface area contributed by atoms with E-state index in [9.17, 15) is 17.6 Å². The van der Waals surface area contributed by atoms with Gasteiger partial charge in [-0.3, -0.25) is 0 Å². The minimum absolute atomic E-state index is 0.188. The molecule has 1 fully saturated rings. The third kappa shape index (κ3) is 2.97. The highest BCUT2D eigenvalue weighted by Gasteiger charge is 2.39. The van der Waals surface area contributed by atoms with Crippen LogP contribution in [0.3, 0.4) is 0 Å². The molecule has 0 radical (unpaired) electrons. The molecule has 0 amide bonds. The summed E-state index contributed by atoms with van der Waals surface area (Å²) < 4.78 is 51.3. The normalized spacial score (nSPS) is 21.8. The Bertz CT molecular complexity index is 495. The average molecular weight is 289 g/mol. The van der Waals surface area contributed by atoms with Crippen LogP contribution in [0.5, 0.6) is 0 Å². The predicted octanol–water partition coefficient (Wildman–Crippen LogP) is 4.60. The van der Waals surface area contributed by atoms with E-state index in [1.165, 1.54) is 6.07 Å². The molecule has 1 aromatic rings. The van der Waals surface area contributed by atoms with Crippen LogP contribution >= 0.6 is 0 Å². The first-order chi connectivity index (χ1) is 9.04. The van der Waals surface area contributed by atoms with Gasteiger partial charge < -0.3 is 5.73 Å². The van der Waals surface area contributed by atoms with Crippen molar-refractivity contribution < 1.29 is 17.6 Å². The fraction of sp³-hybridized carbons (Fsp3) is 0.600. The molecule has 0 aliphatic heterocycles. The first-order valence-corrected chi connectivity index (χ1v) is 6.70. The minimum atomic E-state index is -4.67. The van der Waals surface area contributed by atoms with Gasteiger partial charge in [-0.15, -0.1) is 0 Å². The number of halogens is 4. The molecule has 1 aromatic carbocycles. The summed E-state index contributed by atoms with van der Waals surface area (Å²) in [5.41, 5.74) is 4.97. The Balaban J connectivity index is 2.28. The first-order valence-electron chi connectivity index (χ1n) is 6.70. The van der Waals surface area contributed by atoms with Crippen LogP contribution in [0.1, 0.15) is 50.7 Å². The molecule has 5 heteroatoms. The van der Waals surface area contributed by atoms with E-state index in [1.807, 2.05) is 0 Å². The zero-order valence-corrected chi connectivity index (χ0v) is 11.6. The molecule has 0 aromatic heterocycles. The summed E-state index contributed by atoms with van der Waals surface area (Å²) in [6, 6.07) is 3.05. The Hall–Kier alpha value is -1.10. The summed E-state index contributed by atoms with van der Waals surface area (Å²) in [6.45, 7) is 4.28. The molecule has 0 spiro atoms. The third-order valence-electron chi connectivity index (χ3n) is 4.35. The van der Waals surface area contributed by atoms with Gasteiger partial charge in [-0.25, -0.2) is 4.39 Å². The molecule has 2 N–H and O–H groups in total. The number of nitrogens with two attached hydrogens (primary N) is 1. The lowest BCUT2D eigenvalue weighted by Crippen LogP contribution is -2.42. The monoisotopic (exact) mass is 289 g/mol. The van der Waals surface area contributed by atoms with Crippen molar-refractivity contribution in [1.82, 2.24) is 0 Å². The van der Waals surface area contributed by atoms with Gasteiger partial charge in [0.05, 0.1) is 5.56 Å². The fourth-order valence-electron chi connectivity index (χ4n) is 2.72. The van der Waals surface area contributed by atoms with Crippen molar-refractivity contribution in [2.24, 2.45) is 11.1 Å². The van der Waals surface area contributed by atoms with Gasteiger partial charge in [0.15, 0.2) is 0 Å². The number of hydrogen-bond acceptors (Lipinski definition) is 1. The van der Waals surface area contributed by atoms with Crippen molar-refractivity contribution in [2.45, 2.75) is 51.2 Å². The summed E-state index contributed by atoms with van der Waals surface area (Å²) in [7, 11) is 0. The molecule has 20 heavy (non-hydrogen) atoms. The minimum Gasteiger partial charge on any atom is -0.321 e. The van der Waals surface area contributed by atoms with E-state index in [0.717, 1.165) is 25.0 Å². The van der Waals surface area contributed by atoms with E-state index in [0.29, 0.717) is 18.4 Å². The Morgan fingerprint density at radius 3 is 2.05 bits per heavy atom. The summed E-state index contributed by atoms with van der Waals surface area (Å²) in [5.74, 6) is -1.25. The van der Waals surface area contributed by atoms with E-state index >= 15 is 0 Å². The molecule has 112 valence electrons. The van der Waals surface area contributed by atoms with Gasteiger partial charge in [-0.2, -0.15) is 13.2 Å². The van der Waals surface area contributed by atoms with Gasteiger partial charge in [0.25, 0.3) is 0 Å². The van der Waals surface area contributed by atoms with Crippen LogP contribution in [-0.4, -0.2) is 0 Å². The highest BCUT2D eigenvalue weighted by atomic mass is 19.4. The fourth-order valence-corrected chi connectivity index (χ4v) is 2.72. The number of benzene rings is 1. The van der Waals surface area contributed by atoms with E-state index in [-0.39, 0.29) is 5.41 Å². The molecule has 1 aliphatic rings. The van der Waals surface area contributed by atoms with E-state index < -0.39 is 23.1 Å². The molecular formula is C15H19F4N. The maximum absolute atomic E-state index is 13.6. The molecule has 1 nitrogen and oxygen atoms in total. The standard InChI is InChI=1S/C15H19F4N/c1-13(2)5-7-14(20,8-6-13)10-3-4-11(12(16)9-10)15(17,18)19/h3-4,9H,5-8,20H2,1-2H3. The van der Waals surface area contributed by atoms with Gasteiger partial charge in [-0.1, -0.05) is 19.9 Å². The summed E-state index contributed by atoms with van der Waals surface area (Å²) in [6.07, 6.45) is -1.59. The Labute approximate surface area is 116 Å². The summed E-state index contributed by atoms with van der Waals surface area (Å²) in [4.78, 5) is 0. The van der Waals surface area contributed by atoms with Crippen LogP contribution in [0.25, 0.3) is 0 Å². The molecule has 0 heterocycles.